The van der Waals surface area contributed by atoms with Crippen LogP contribution in [0.4, 0.5) is 0 Å². The maximum Gasteiger partial charge on any atom is 0.236 e. The lowest BCUT2D eigenvalue weighted by Gasteiger charge is -2.22. The first-order valence-corrected chi connectivity index (χ1v) is 5.18. The Labute approximate surface area is 91.2 Å². The van der Waals surface area contributed by atoms with Gasteiger partial charge in [-0.2, -0.15) is 0 Å². The van der Waals surface area contributed by atoms with Crippen LogP contribution in [0, 0.1) is 0 Å². The van der Waals surface area contributed by atoms with Crippen molar-refractivity contribution in [3.05, 3.63) is 0 Å². The molecule has 0 aromatic heterocycles. The van der Waals surface area contributed by atoms with E-state index in [4.69, 9.17) is 5.73 Å². The van der Waals surface area contributed by atoms with Gasteiger partial charge in [0, 0.05) is 27.1 Å². The summed E-state index contributed by atoms with van der Waals surface area (Å²) in [5.41, 5.74) is 5.07. The minimum Gasteiger partial charge on any atom is -0.370 e. The van der Waals surface area contributed by atoms with Crippen LogP contribution < -0.4 is 5.73 Å². The van der Waals surface area contributed by atoms with Crippen LogP contribution in [0.25, 0.3) is 0 Å². The van der Waals surface area contributed by atoms with E-state index in [1.165, 1.54) is 0 Å². The summed E-state index contributed by atoms with van der Waals surface area (Å²) in [6.45, 7) is 3.77. The Kier molecular flexibility index (Phi) is 6.70. The molecule has 2 amide bonds. The van der Waals surface area contributed by atoms with Crippen LogP contribution in [0.15, 0.2) is 0 Å². The minimum atomic E-state index is -0.326. The third kappa shape index (κ3) is 6.90. The van der Waals surface area contributed by atoms with Gasteiger partial charge in [-0.1, -0.05) is 6.92 Å². The van der Waals surface area contributed by atoms with Crippen molar-refractivity contribution in [2.24, 2.45) is 5.73 Å². The van der Waals surface area contributed by atoms with E-state index < -0.39 is 0 Å². The highest BCUT2D eigenvalue weighted by molar-refractivity contribution is 5.78. The molecule has 2 N–H and O–H groups in total. The predicted octanol–water partition coefficient (Wildman–Crippen LogP) is -0.338. The van der Waals surface area contributed by atoms with Crippen LogP contribution in [0.2, 0.25) is 0 Å². The Morgan fingerprint density at radius 1 is 1.20 bits per heavy atom. The lowest BCUT2D eigenvalue weighted by atomic mass is 10.3. The largest absolute Gasteiger partial charge is 0.370 e. The molecule has 5 heteroatoms. The molecule has 0 aliphatic heterocycles. The fraction of sp³-hybridized carbons (Fsp3) is 0.800. The molecule has 0 rings (SSSR count). The number of nitrogens with zero attached hydrogens (tertiary/aromatic N) is 2. The monoisotopic (exact) mass is 215 g/mol. The van der Waals surface area contributed by atoms with Crippen molar-refractivity contribution in [3.63, 3.8) is 0 Å². The standard InChI is InChI=1S/C10H21N3O2/c1-4-6-13(7-5-9(11)14)8-10(15)12(2)3/h4-8H2,1-3H3,(H2,11,14). The van der Waals surface area contributed by atoms with Gasteiger partial charge < -0.3 is 10.6 Å². The molecule has 0 aromatic rings. The molecule has 0 aliphatic carbocycles. The van der Waals surface area contributed by atoms with Crippen molar-refractivity contribution in [3.8, 4) is 0 Å². The SMILES string of the molecule is CCCN(CCC(N)=O)CC(=O)N(C)C. The van der Waals surface area contributed by atoms with Crippen LogP contribution in [-0.4, -0.2) is 55.3 Å². The zero-order valence-corrected chi connectivity index (χ0v) is 9.82. The van der Waals surface area contributed by atoms with E-state index in [0.717, 1.165) is 13.0 Å². The van der Waals surface area contributed by atoms with Crippen molar-refractivity contribution in [1.29, 1.82) is 0 Å². The van der Waals surface area contributed by atoms with E-state index in [1.54, 1.807) is 19.0 Å². The lowest BCUT2D eigenvalue weighted by Crippen LogP contribution is -2.38. The third-order valence-corrected chi connectivity index (χ3v) is 2.07. The zero-order valence-electron chi connectivity index (χ0n) is 9.82. The number of nitrogens with two attached hydrogens (primary N) is 1. The van der Waals surface area contributed by atoms with Crippen LogP contribution in [0.3, 0.4) is 0 Å². The fourth-order valence-corrected chi connectivity index (χ4v) is 1.19. The molecular weight excluding hydrogens is 194 g/mol. The van der Waals surface area contributed by atoms with Gasteiger partial charge in [0.15, 0.2) is 0 Å². The highest BCUT2D eigenvalue weighted by Gasteiger charge is 2.11. The van der Waals surface area contributed by atoms with E-state index in [2.05, 4.69) is 0 Å². The van der Waals surface area contributed by atoms with Crippen LogP contribution in [-0.2, 0) is 9.59 Å². The summed E-state index contributed by atoms with van der Waals surface area (Å²) in [6.07, 6.45) is 1.26. The van der Waals surface area contributed by atoms with Crippen molar-refractivity contribution in [2.75, 3.05) is 33.7 Å². The topological polar surface area (TPSA) is 66.6 Å². The Morgan fingerprint density at radius 2 is 1.80 bits per heavy atom. The first kappa shape index (κ1) is 13.9. The Morgan fingerprint density at radius 3 is 2.20 bits per heavy atom. The first-order chi connectivity index (χ1) is 6.97. The molecule has 15 heavy (non-hydrogen) atoms. The summed E-state index contributed by atoms with van der Waals surface area (Å²) in [4.78, 5) is 25.6. The van der Waals surface area contributed by atoms with Gasteiger partial charge in [-0.05, 0) is 13.0 Å². The van der Waals surface area contributed by atoms with Crippen LogP contribution >= 0.6 is 0 Å². The average molecular weight is 215 g/mol. The van der Waals surface area contributed by atoms with Crippen molar-refractivity contribution >= 4 is 11.8 Å². The number of carbonyl (C=O) groups excluding carboxylic acids is 2. The average Bonchev–Trinajstić information content (AvgIpc) is 2.14. The molecule has 0 aromatic carbocycles. The lowest BCUT2D eigenvalue weighted by molar-refractivity contribution is -0.130. The van der Waals surface area contributed by atoms with Crippen molar-refractivity contribution in [1.82, 2.24) is 9.80 Å². The van der Waals surface area contributed by atoms with Crippen molar-refractivity contribution < 1.29 is 9.59 Å². The molecule has 0 heterocycles. The molecule has 0 saturated carbocycles. The van der Waals surface area contributed by atoms with Gasteiger partial charge in [-0.25, -0.2) is 0 Å². The maximum absolute atomic E-state index is 11.4. The summed E-state index contributed by atoms with van der Waals surface area (Å²) in [5.74, 6) is -0.277. The Bertz CT molecular complexity index is 217. The Balaban J connectivity index is 4.03. The van der Waals surface area contributed by atoms with Gasteiger partial charge in [0.05, 0.1) is 6.54 Å². The second-order valence-corrected chi connectivity index (χ2v) is 3.78. The maximum atomic E-state index is 11.4. The zero-order chi connectivity index (χ0) is 11.8. The molecule has 0 fully saturated rings. The summed E-state index contributed by atoms with van der Waals surface area (Å²) < 4.78 is 0. The molecule has 0 aliphatic rings. The summed E-state index contributed by atoms with van der Waals surface area (Å²) in [7, 11) is 3.45. The van der Waals surface area contributed by atoms with Crippen LogP contribution in [0.5, 0.6) is 0 Å². The summed E-state index contributed by atoms with van der Waals surface area (Å²) >= 11 is 0. The normalized spacial score (nSPS) is 10.4. The predicted molar refractivity (Wildman–Crippen MR) is 59.2 cm³/mol. The number of primary amides is 1. The van der Waals surface area contributed by atoms with Gasteiger partial charge in [0.1, 0.15) is 0 Å². The highest BCUT2D eigenvalue weighted by atomic mass is 16.2. The third-order valence-electron chi connectivity index (χ3n) is 2.07. The van der Waals surface area contributed by atoms with Gasteiger partial charge in [-0.15, -0.1) is 0 Å². The van der Waals surface area contributed by atoms with Gasteiger partial charge in [-0.3, -0.25) is 14.5 Å². The quantitative estimate of drug-likeness (QED) is 0.632. The number of hydrogen-bond acceptors (Lipinski definition) is 3. The molecular formula is C10H21N3O2. The molecule has 0 unspecified atom stereocenters. The van der Waals surface area contributed by atoms with E-state index >= 15 is 0 Å². The minimum absolute atomic E-state index is 0.0490. The molecule has 0 atom stereocenters. The molecule has 88 valence electrons. The number of rotatable bonds is 7. The Hall–Kier alpha value is -1.10. The second kappa shape index (κ2) is 7.23. The smallest absolute Gasteiger partial charge is 0.236 e. The highest BCUT2D eigenvalue weighted by Crippen LogP contribution is 1.95. The van der Waals surface area contributed by atoms with E-state index in [1.807, 2.05) is 11.8 Å². The van der Waals surface area contributed by atoms with E-state index in [-0.39, 0.29) is 11.8 Å². The van der Waals surface area contributed by atoms with Gasteiger partial charge in [0.25, 0.3) is 0 Å². The van der Waals surface area contributed by atoms with Gasteiger partial charge >= 0.3 is 0 Å². The molecule has 5 nitrogen and oxygen atoms in total. The number of likely N-dealkylation sites (N-methyl/N-ethyl adjacent to an activating group) is 1. The molecule has 0 saturated heterocycles. The summed E-state index contributed by atoms with van der Waals surface area (Å²) in [5, 5.41) is 0. The number of amides is 2. The molecule has 0 radical (unpaired) electrons. The summed E-state index contributed by atoms with van der Waals surface area (Å²) in [6, 6.07) is 0. The van der Waals surface area contributed by atoms with Gasteiger partial charge in [0.2, 0.25) is 11.8 Å². The second-order valence-electron chi connectivity index (χ2n) is 3.78. The first-order valence-electron chi connectivity index (χ1n) is 5.18. The van der Waals surface area contributed by atoms with E-state index in [0.29, 0.717) is 19.5 Å². The molecule has 0 bridgehead atoms. The number of hydrogen-bond donors (Lipinski definition) is 1. The van der Waals surface area contributed by atoms with E-state index in [9.17, 15) is 9.59 Å². The fourth-order valence-electron chi connectivity index (χ4n) is 1.19. The van der Waals surface area contributed by atoms with Crippen LogP contribution in [0.1, 0.15) is 19.8 Å². The number of carbonyl (C=O) groups is 2. The molecule has 0 spiro atoms. The van der Waals surface area contributed by atoms with Crippen molar-refractivity contribution in [2.45, 2.75) is 19.8 Å².